The summed E-state index contributed by atoms with van der Waals surface area (Å²) < 4.78 is 52.3. The first kappa shape index (κ1) is 21.4. The van der Waals surface area contributed by atoms with E-state index in [0.29, 0.717) is 23.7 Å². The smallest absolute Gasteiger partial charge is 0.408 e. The van der Waals surface area contributed by atoms with Crippen LogP contribution in [0.2, 0.25) is 0 Å². The number of alkyl halides is 3. The van der Waals surface area contributed by atoms with Crippen LogP contribution in [0, 0.1) is 0 Å². The molecule has 2 aromatic heterocycles. The number of rotatable bonds is 6. The van der Waals surface area contributed by atoms with Gasteiger partial charge in [0.1, 0.15) is 17.4 Å². The molecule has 1 aliphatic heterocycles. The number of hydrogen-bond acceptors (Lipinski definition) is 6. The second-order valence-corrected chi connectivity index (χ2v) is 7.26. The fraction of sp³-hybridized carbons (Fsp3) is 0.429. The third kappa shape index (κ3) is 4.45. The zero-order valence-corrected chi connectivity index (χ0v) is 17.3. The zero-order chi connectivity index (χ0) is 22.0. The van der Waals surface area contributed by atoms with Crippen molar-refractivity contribution in [2.24, 2.45) is 0 Å². The van der Waals surface area contributed by atoms with Gasteiger partial charge in [0.25, 0.3) is 0 Å². The summed E-state index contributed by atoms with van der Waals surface area (Å²) in [5.74, 6) is 0.631. The summed E-state index contributed by atoms with van der Waals surface area (Å²) in [5.41, 5.74) is 2.16. The van der Waals surface area contributed by atoms with Gasteiger partial charge in [-0.2, -0.15) is 18.2 Å². The Kier molecular flexibility index (Phi) is 6.01. The molecule has 31 heavy (non-hydrogen) atoms. The van der Waals surface area contributed by atoms with E-state index in [4.69, 9.17) is 9.47 Å². The Morgan fingerprint density at radius 2 is 2.00 bits per heavy atom. The number of halogens is 3. The van der Waals surface area contributed by atoms with Gasteiger partial charge >= 0.3 is 6.18 Å². The molecular formula is C21H24F3N5O2. The summed E-state index contributed by atoms with van der Waals surface area (Å²) in [6.45, 7) is 2.99. The lowest BCUT2D eigenvalue weighted by Gasteiger charge is -2.36. The molecule has 1 saturated heterocycles. The number of morpholine rings is 1. The van der Waals surface area contributed by atoms with E-state index in [0.717, 1.165) is 11.1 Å². The van der Waals surface area contributed by atoms with Gasteiger partial charge in [-0.3, -0.25) is 4.90 Å². The molecular weight excluding hydrogens is 411 g/mol. The molecule has 3 aromatic rings. The number of ether oxygens (including phenoxy) is 2. The number of fused-ring (bicyclic) bond motifs is 1. The third-order valence-corrected chi connectivity index (χ3v) is 5.34. The molecule has 7 nitrogen and oxygen atoms in total. The minimum Gasteiger partial charge on any atom is -0.495 e. The number of aromatic amines is 1. The SMILES string of the molecule is CCc1nc(Nc2ccc([C@H](N3CCOCC3)C(F)(F)F)cc2OC)nc2[nH]ccc12. The molecule has 4 rings (SSSR count). The molecule has 1 aliphatic rings. The number of aromatic nitrogens is 3. The van der Waals surface area contributed by atoms with Crippen molar-refractivity contribution in [1.29, 1.82) is 0 Å². The second-order valence-electron chi connectivity index (χ2n) is 7.26. The highest BCUT2D eigenvalue weighted by molar-refractivity contribution is 5.80. The standard InChI is InChI=1S/C21H24F3N5O2/c1-3-15-14-6-7-25-19(14)28-20(26-15)27-16-5-4-13(12-17(16)30-2)18(21(22,23)24)29-8-10-31-11-9-29/h4-7,12,18H,3,8-11H2,1-2H3,(H2,25,26,27,28)/t18-/m0/s1. The third-order valence-electron chi connectivity index (χ3n) is 5.34. The van der Waals surface area contributed by atoms with Gasteiger partial charge in [-0.15, -0.1) is 0 Å². The van der Waals surface area contributed by atoms with E-state index in [1.165, 1.54) is 24.1 Å². The molecule has 1 fully saturated rings. The van der Waals surface area contributed by atoms with Gasteiger partial charge in [0.2, 0.25) is 5.95 Å². The Morgan fingerprint density at radius 3 is 2.68 bits per heavy atom. The molecule has 0 aliphatic carbocycles. The summed E-state index contributed by atoms with van der Waals surface area (Å²) in [6, 6.07) is 4.64. The van der Waals surface area contributed by atoms with Crippen molar-refractivity contribution < 1.29 is 22.6 Å². The van der Waals surface area contributed by atoms with Crippen molar-refractivity contribution in [3.05, 3.63) is 41.7 Å². The van der Waals surface area contributed by atoms with Crippen LogP contribution < -0.4 is 10.1 Å². The molecule has 1 aromatic carbocycles. The predicted molar refractivity (Wildman–Crippen MR) is 111 cm³/mol. The first-order chi connectivity index (χ1) is 14.9. The topological polar surface area (TPSA) is 75.3 Å². The van der Waals surface area contributed by atoms with Crippen LogP contribution in [0.15, 0.2) is 30.5 Å². The number of nitrogens with zero attached hydrogens (tertiary/aromatic N) is 3. The molecule has 0 amide bonds. The van der Waals surface area contributed by atoms with Crippen molar-refractivity contribution in [2.75, 3.05) is 38.7 Å². The van der Waals surface area contributed by atoms with Crippen molar-refractivity contribution >= 4 is 22.7 Å². The maximum Gasteiger partial charge on any atom is 0.408 e. The Hall–Kier alpha value is -2.85. The highest BCUT2D eigenvalue weighted by Crippen LogP contribution is 2.41. The number of methoxy groups -OCH3 is 1. The van der Waals surface area contributed by atoms with Crippen LogP contribution in [0.3, 0.4) is 0 Å². The lowest BCUT2D eigenvalue weighted by molar-refractivity contribution is -0.194. The monoisotopic (exact) mass is 435 g/mol. The molecule has 0 unspecified atom stereocenters. The Morgan fingerprint density at radius 1 is 1.23 bits per heavy atom. The summed E-state index contributed by atoms with van der Waals surface area (Å²) in [7, 11) is 1.42. The van der Waals surface area contributed by atoms with Crippen LogP contribution in [0.25, 0.3) is 11.0 Å². The van der Waals surface area contributed by atoms with E-state index in [1.54, 1.807) is 12.3 Å². The predicted octanol–water partition coefficient (Wildman–Crippen LogP) is 4.21. The van der Waals surface area contributed by atoms with Crippen LogP contribution in [-0.2, 0) is 11.2 Å². The maximum atomic E-state index is 13.9. The van der Waals surface area contributed by atoms with Gasteiger partial charge < -0.3 is 19.8 Å². The number of benzene rings is 1. The first-order valence-corrected chi connectivity index (χ1v) is 10.1. The molecule has 0 spiro atoms. The Labute approximate surface area is 177 Å². The largest absolute Gasteiger partial charge is 0.495 e. The van der Waals surface area contributed by atoms with Crippen LogP contribution in [0.4, 0.5) is 24.8 Å². The molecule has 2 N–H and O–H groups in total. The van der Waals surface area contributed by atoms with E-state index in [1.807, 2.05) is 13.0 Å². The lowest BCUT2D eigenvalue weighted by Crippen LogP contribution is -2.44. The second kappa shape index (κ2) is 8.72. The first-order valence-electron chi connectivity index (χ1n) is 10.1. The van der Waals surface area contributed by atoms with Crippen LogP contribution in [0.1, 0.15) is 24.2 Å². The zero-order valence-electron chi connectivity index (χ0n) is 17.3. The average Bonchev–Trinajstić information content (AvgIpc) is 3.22. The fourth-order valence-corrected chi connectivity index (χ4v) is 3.87. The number of nitrogens with one attached hydrogen (secondary N) is 2. The quantitative estimate of drug-likeness (QED) is 0.604. The van der Waals surface area contributed by atoms with Crippen molar-refractivity contribution in [2.45, 2.75) is 25.6 Å². The normalized spacial score (nSPS) is 16.4. The summed E-state index contributed by atoms with van der Waals surface area (Å²) >= 11 is 0. The van der Waals surface area contributed by atoms with Crippen molar-refractivity contribution in [3.63, 3.8) is 0 Å². The van der Waals surface area contributed by atoms with Crippen LogP contribution in [-0.4, -0.2) is 59.4 Å². The van der Waals surface area contributed by atoms with Gasteiger partial charge in [0, 0.05) is 24.7 Å². The lowest BCUT2D eigenvalue weighted by atomic mass is 10.0. The minimum atomic E-state index is -4.42. The number of anilines is 2. The van der Waals surface area contributed by atoms with Gasteiger partial charge in [0.15, 0.2) is 0 Å². The Bertz CT molecular complexity index is 1050. The van der Waals surface area contributed by atoms with E-state index in [9.17, 15) is 13.2 Å². The van der Waals surface area contributed by atoms with Gasteiger partial charge in [-0.25, -0.2) is 4.98 Å². The molecule has 0 radical (unpaired) electrons. The van der Waals surface area contributed by atoms with E-state index in [2.05, 4.69) is 20.3 Å². The highest BCUT2D eigenvalue weighted by atomic mass is 19.4. The van der Waals surface area contributed by atoms with Crippen LogP contribution in [0.5, 0.6) is 5.75 Å². The molecule has 0 saturated carbocycles. The van der Waals surface area contributed by atoms with Crippen LogP contribution >= 0.6 is 0 Å². The van der Waals surface area contributed by atoms with Gasteiger partial charge in [-0.05, 0) is 30.2 Å². The summed E-state index contributed by atoms with van der Waals surface area (Å²) in [6.07, 6.45) is -1.91. The molecule has 10 heteroatoms. The number of H-pyrrole nitrogens is 1. The van der Waals surface area contributed by atoms with Crippen molar-refractivity contribution in [3.8, 4) is 5.75 Å². The molecule has 0 bridgehead atoms. The minimum absolute atomic E-state index is 0.117. The summed E-state index contributed by atoms with van der Waals surface area (Å²) in [4.78, 5) is 13.4. The van der Waals surface area contributed by atoms with Gasteiger partial charge in [0.05, 0.1) is 31.7 Å². The fourth-order valence-electron chi connectivity index (χ4n) is 3.87. The highest BCUT2D eigenvalue weighted by Gasteiger charge is 2.45. The molecule has 3 heterocycles. The number of hydrogen-bond donors (Lipinski definition) is 2. The number of aryl methyl sites for hydroxylation is 1. The molecule has 166 valence electrons. The van der Waals surface area contributed by atoms with E-state index in [-0.39, 0.29) is 37.6 Å². The van der Waals surface area contributed by atoms with Gasteiger partial charge in [-0.1, -0.05) is 13.0 Å². The van der Waals surface area contributed by atoms with E-state index < -0.39 is 12.2 Å². The van der Waals surface area contributed by atoms with E-state index >= 15 is 0 Å². The average molecular weight is 435 g/mol. The Balaban J connectivity index is 1.66. The molecule has 1 atom stereocenters. The van der Waals surface area contributed by atoms with Crippen molar-refractivity contribution in [1.82, 2.24) is 19.9 Å². The summed E-state index contributed by atoms with van der Waals surface area (Å²) in [5, 5.41) is 4.02. The maximum absolute atomic E-state index is 13.9.